The number of nitrogens with one attached hydrogen (secondary N) is 1. The fourth-order valence-corrected chi connectivity index (χ4v) is 5.49. The third-order valence-electron chi connectivity index (χ3n) is 7.67. The van der Waals surface area contributed by atoms with Gasteiger partial charge in [-0.3, -0.25) is 4.79 Å². The lowest BCUT2D eigenvalue weighted by Gasteiger charge is -2.33. The first kappa shape index (κ1) is 33.2. The van der Waals surface area contributed by atoms with Crippen molar-refractivity contribution in [3.8, 4) is 6.07 Å². The van der Waals surface area contributed by atoms with Crippen LogP contribution in [0.3, 0.4) is 0 Å². The highest BCUT2D eigenvalue weighted by Crippen LogP contribution is 2.46. The number of alkyl carbamates (subject to hydrolysis) is 1. The minimum Gasteiger partial charge on any atom is -0.465 e. The number of rotatable bonds is 8. The van der Waals surface area contributed by atoms with Crippen LogP contribution in [0.25, 0.3) is 5.52 Å². The summed E-state index contributed by atoms with van der Waals surface area (Å²) in [7, 11) is 0. The number of carbonyl (C=O) groups excluding carboxylic acids is 3. The Morgan fingerprint density at radius 3 is 2.47 bits per heavy atom. The van der Waals surface area contributed by atoms with Gasteiger partial charge in [-0.05, 0) is 50.3 Å². The maximum Gasteiger partial charge on any atom is 0.408 e. The predicted molar refractivity (Wildman–Crippen MR) is 162 cm³/mol. The van der Waals surface area contributed by atoms with Crippen molar-refractivity contribution in [1.82, 2.24) is 19.9 Å². The first-order valence-corrected chi connectivity index (χ1v) is 14.6. The van der Waals surface area contributed by atoms with Gasteiger partial charge in [-0.25, -0.2) is 19.1 Å². The number of amides is 1. The van der Waals surface area contributed by atoms with Crippen LogP contribution < -0.4 is 11.1 Å². The number of nitrogens with two attached hydrogens (primary N) is 1. The molecule has 5 atom stereocenters. The minimum atomic E-state index is -1.63. The highest BCUT2D eigenvalue weighted by atomic mass is 16.6. The average molecular weight is 621 g/mol. The van der Waals surface area contributed by atoms with Crippen LogP contribution in [0.5, 0.6) is 0 Å². The number of nitrogens with zero attached hydrogens (tertiary/aromatic N) is 4. The number of aromatic nitrogens is 3. The quantitative estimate of drug-likeness (QED) is 0.248. The molecule has 2 heterocycles. The Labute approximate surface area is 261 Å². The number of fused-ring (bicyclic) bond motifs is 1. The summed E-state index contributed by atoms with van der Waals surface area (Å²) in [6.45, 7) is 10.1. The van der Waals surface area contributed by atoms with Crippen LogP contribution in [-0.2, 0) is 35.6 Å². The monoisotopic (exact) mass is 620 g/mol. The maximum atomic E-state index is 13.7. The Morgan fingerprint density at radius 1 is 1.16 bits per heavy atom. The van der Waals surface area contributed by atoms with Gasteiger partial charge in [0.2, 0.25) is 0 Å². The van der Waals surface area contributed by atoms with Crippen molar-refractivity contribution in [2.75, 3.05) is 12.3 Å². The molecule has 0 bridgehead atoms. The molecule has 0 radical (unpaired) electrons. The van der Waals surface area contributed by atoms with Crippen molar-refractivity contribution in [1.29, 1.82) is 5.26 Å². The number of carbonyl (C=O) groups is 3. The molecule has 1 aromatic carbocycles. The standard InChI is InChI=1S/C32H40N6O7/c1-30(2,3)25(37-29(42)45-31(4,5)6)28(41)44-24-20(16-43-23(39)14-19-10-8-7-9-11-19)15-32(17-33,26(24)40)22-13-12-21-27(34)35-18-36-38(21)22/h7-13,18,20,24-26,40H,14-16H2,1-6H3,(H,37,42)(H2,34,35,36)/t20-,24-,25-,26-,32-/m1/s1. The van der Waals surface area contributed by atoms with Crippen molar-refractivity contribution >= 4 is 29.4 Å². The summed E-state index contributed by atoms with van der Waals surface area (Å²) in [6.07, 6.45) is -2.49. The van der Waals surface area contributed by atoms with Crippen LogP contribution in [0.4, 0.5) is 10.6 Å². The predicted octanol–water partition coefficient (Wildman–Crippen LogP) is 3.09. The molecular weight excluding hydrogens is 580 g/mol. The fraction of sp³-hybridized carbons (Fsp3) is 0.500. The topological polar surface area (TPSA) is 191 Å². The molecule has 1 saturated carbocycles. The van der Waals surface area contributed by atoms with Crippen molar-refractivity contribution in [2.24, 2.45) is 11.3 Å². The molecule has 0 unspecified atom stereocenters. The Balaban J connectivity index is 1.65. The van der Waals surface area contributed by atoms with Crippen LogP contribution in [0.2, 0.25) is 0 Å². The van der Waals surface area contributed by atoms with E-state index in [0.29, 0.717) is 11.2 Å². The maximum absolute atomic E-state index is 13.7. The number of anilines is 1. The van der Waals surface area contributed by atoms with Crippen molar-refractivity contribution in [3.05, 3.63) is 60.0 Å². The number of nitriles is 1. The molecule has 1 amide bonds. The Bertz CT molecular complexity index is 1590. The third-order valence-corrected chi connectivity index (χ3v) is 7.67. The average Bonchev–Trinajstić information content (AvgIpc) is 3.50. The molecule has 0 aliphatic heterocycles. The molecule has 3 aromatic rings. The zero-order valence-electron chi connectivity index (χ0n) is 26.3. The van der Waals surface area contributed by atoms with Gasteiger partial charge in [-0.1, -0.05) is 51.1 Å². The number of ether oxygens (including phenoxy) is 3. The summed E-state index contributed by atoms with van der Waals surface area (Å²) in [4.78, 5) is 43.1. The number of aliphatic hydroxyl groups is 1. The highest BCUT2D eigenvalue weighted by Gasteiger charge is 2.58. The zero-order chi connectivity index (χ0) is 33.2. The second-order valence-electron chi connectivity index (χ2n) is 13.3. The van der Waals surface area contributed by atoms with E-state index in [-0.39, 0.29) is 25.3 Å². The molecule has 0 spiro atoms. The number of benzene rings is 1. The van der Waals surface area contributed by atoms with E-state index in [0.717, 1.165) is 5.56 Å². The molecule has 240 valence electrons. The van der Waals surface area contributed by atoms with E-state index in [1.807, 2.05) is 18.2 Å². The van der Waals surface area contributed by atoms with Gasteiger partial charge in [0.25, 0.3) is 0 Å². The van der Waals surface area contributed by atoms with Gasteiger partial charge < -0.3 is 30.4 Å². The SMILES string of the molecule is CC(C)(C)OC(=O)N[C@H](C(=O)O[C@@H]1[C@@H](COC(=O)Cc2ccccc2)C[C@@](C#N)(c2ccc3c(N)ncnn23)[C@@H]1O)C(C)(C)C. The van der Waals surface area contributed by atoms with E-state index in [1.165, 1.54) is 10.8 Å². The smallest absolute Gasteiger partial charge is 0.408 e. The highest BCUT2D eigenvalue weighted by molar-refractivity contribution is 5.82. The van der Waals surface area contributed by atoms with Gasteiger partial charge in [-0.2, -0.15) is 10.4 Å². The molecule has 13 heteroatoms. The molecule has 4 N–H and O–H groups in total. The van der Waals surface area contributed by atoms with E-state index in [4.69, 9.17) is 19.9 Å². The lowest BCUT2D eigenvalue weighted by molar-refractivity contribution is -0.164. The van der Waals surface area contributed by atoms with E-state index in [9.17, 15) is 24.8 Å². The van der Waals surface area contributed by atoms with Crippen LogP contribution in [0.1, 0.15) is 59.2 Å². The van der Waals surface area contributed by atoms with Gasteiger partial charge in [0.1, 0.15) is 41.1 Å². The van der Waals surface area contributed by atoms with E-state index >= 15 is 0 Å². The Morgan fingerprint density at radius 2 is 1.84 bits per heavy atom. The van der Waals surface area contributed by atoms with Crippen LogP contribution >= 0.6 is 0 Å². The van der Waals surface area contributed by atoms with E-state index in [2.05, 4.69) is 21.5 Å². The first-order chi connectivity index (χ1) is 21.1. The second-order valence-corrected chi connectivity index (χ2v) is 13.3. The Hall–Kier alpha value is -4.70. The zero-order valence-corrected chi connectivity index (χ0v) is 26.3. The van der Waals surface area contributed by atoms with Gasteiger partial charge >= 0.3 is 18.0 Å². The number of hydrogen-bond donors (Lipinski definition) is 3. The summed E-state index contributed by atoms with van der Waals surface area (Å²) in [5.41, 5.74) is 4.22. The number of nitrogen functional groups attached to an aromatic ring is 1. The summed E-state index contributed by atoms with van der Waals surface area (Å²) >= 11 is 0. The number of aliphatic hydroxyl groups excluding tert-OH is 1. The normalized spacial score (nSPS) is 22.3. The summed E-state index contributed by atoms with van der Waals surface area (Å²) in [5.74, 6) is -2.00. The van der Waals surface area contributed by atoms with Crippen molar-refractivity contribution < 1.29 is 33.7 Å². The third kappa shape index (κ3) is 7.34. The largest absolute Gasteiger partial charge is 0.465 e. The van der Waals surface area contributed by atoms with Crippen LogP contribution in [0, 0.1) is 22.7 Å². The molecule has 4 rings (SSSR count). The molecule has 13 nitrogen and oxygen atoms in total. The number of hydrogen-bond acceptors (Lipinski definition) is 11. The Kier molecular flexibility index (Phi) is 9.39. The first-order valence-electron chi connectivity index (χ1n) is 14.6. The molecule has 1 fully saturated rings. The molecule has 0 saturated heterocycles. The van der Waals surface area contributed by atoms with Gasteiger partial charge in [-0.15, -0.1) is 0 Å². The molecule has 45 heavy (non-hydrogen) atoms. The lowest BCUT2D eigenvalue weighted by atomic mass is 9.81. The van der Waals surface area contributed by atoms with Gasteiger partial charge in [0.05, 0.1) is 24.8 Å². The van der Waals surface area contributed by atoms with Crippen LogP contribution in [-0.4, -0.2) is 68.2 Å². The number of esters is 2. The second kappa shape index (κ2) is 12.7. The van der Waals surface area contributed by atoms with E-state index in [1.54, 1.807) is 65.8 Å². The van der Waals surface area contributed by atoms with Crippen molar-refractivity contribution in [2.45, 2.75) is 83.6 Å². The fourth-order valence-electron chi connectivity index (χ4n) is 5.49. The summed E-state index contributed by atoms with van der Waals surface area (Å²) in [6, 6.07) is 13.3. The molecule has 1 aliphatic rings. The molecule has 1 aliphatic carbocycles. The summed E-state index contributed by atoms with van der Waals surface area (Å²) in [5, 5.41) is 29.2. The van der Waals surface area contributed by atoms with E-state index < -0.39 is 58.6 Å². The lowest BCUT2D eigenvalue weighted by Crippen LogP contribution is -2.53. The molecular formula is C32H40N6O7. The van der Waals surface area contributed by atoms with Crippen LogP contribution in [0.15, 0.2) is 48.8 Å². The summed E-state index contributed by atoms with van der Waals surface area (Å²) < 4.78 is 18.3. The van der Waals surface area contributed by atoms with Crippen molar-refractivity contribution in [3.63, 3.8) is 0 Å². The van der Waals surface area contributed by atoms with Gasteiger partial charge in [0.15, 0.2) is 5.82 Å². The van der Waals surface area contributed by atoms with Gasteiger partial charge in [0, 0.05) is 5.92 Å². The molecule has 2 aromatic heterocycles. The minimum absolute atomic E-state index is 0.00933.